The van der Waals surface area contributed by atoms with E-state index in [0.29, 0.717) is 6.42 Å². The molecule has 1 nitrogen and oxygen atoms in total. The Morgan fingerprint density at radius 3 is 2.83 bits per heavy atom. The van der Waals surface area contributed by atoms with Crippen LogP contribution in [-0.4, -0.2) is 19.8 Å². The van der Waals surface area contributed by atoms with Crippen molar-refractivity contribution in [1.82, 2.24) is 5.32 Å². The van der Waals surface area contributed by atoms with Gasteiger partial charge in [0.2, 0.25) is 0 Å². The molecule has 0 aliphatic heterocycles. The van der Waals surface area contributed by atoms with Gasteiger partial charge >= 0.3 is 0 Å². The van der Waals surface area contributed by atoms with Gasteiger partial charge in [0, 0.05) is 0 Å². The summed E-state index contributed by atoms with van der Waals surface area (Å²) >= 11 is 0. The molecule has 1 saturated carbocycles. The van der Waals surface area contributed by atoms with Gasteiger partial charge < -0.3 is 5.32 Å². The lowest BCUT2D eigenvalue weighted by molar-refractivity contribution is 0.382. The summed E-state index contributed by atoms with van der Waals surface area (Å²) in [5.41, 5.74) is 0. The predicted molar refractivity (Wildman–Crippen MR) is 50.0 cm³/mol. The fourth-order valence-corrected chi connectivity index (χ4v) is 2.00. The Bertz CT molecular complexity index is 116. The van der Waals surface area contributed by atoms with Gasteiger partial charge in [0.05, 0.1) is 6.67 Å². The third kappa shape index (κ3) is 3.10. The van der Waals surface area contributed by atoms with Gasteiger partial charge in [0.25, 0.3) is 0 Å². The maximum Gasteiger partial charge on any atom is 0.0906 e. The molecule has 0 spiro atoms. The summed E-state index contributed by atoms with van der Waals surface area (Å²) in [6.45, 7) is 4.09. The molecule has 1 aliphatic carbocycles. The van der Waals surface area contributed by atoms with Gasteiger partial charge in [-0.05, 0) is 37.8 Å². The molecule has 1 aliphatic rings. The minimum atomic E-state index is -0.187. The van der Waals surface area contributed by atoms with E-state index in [1.54, 1.807) is 0 Å². The quantitative estimate of drug-likeness (QED) is 0.629. The zero-order valence-corrected chi connectivity index (χ0v) is 7.98. The molecule has 0 saturated heterocycles. The third-order valence-electron chi connectivity index (χ3n) is 2.93. The van der Waals surface area contributed by atoms with E-state index >= 15 is 0 Å². The van der Waals surface area contributed by atoms with Gasteiger partial charge in [0.15, 0.2) is 0 Å². The normalized spacial score (nSPS) is 29.5. The van der Waals surface area contributed by atoms with Crippen molar-refractivity contribution in [1.29, 1.82) is 0 Å². The van der Waals surface area contributed by atoms with Crippen molar-refractivity contribution in [2.45, 2.75) is 32.6 Å². The van der Waals surface area contributed by atoms with Crippen molar-refractivity contribution in [3.8, 4) is 0 Å². The lowest BCUT2D eigenvalue weighted by atomic mass is 9.98. The summed E-state index contributed by atoms with van der Waals surface area (Å²) in [5, 5.41) is 3.32. The van der Waals surface area contributed by atoms with Crippen molar-refractivity contribution in [3.05, 3.63) is 0 Å². The molecule has 0 aromatic carbocycles. The Morgan fingerprint density at radius 1 is 1.42 bits per heavy atom. The maximum absolute atomic E-state index is 11.7. The lowest BCUT2D eigenvalue weighted by Gasteiger charge is -2.15. The summed E-state index contributed by atoms with van der Waals surface area (Å²) < 4.78 is 11.7. The molecule has 0 aromatic rings. The van der Waals surface area contributed by atoms with E-state index in [4.69, 9.17) is 0 Å². The molecule has 0 aromatic heterocycles. The van der Waals surface area contributed by atoms with E-state index < -0.39 is 0 Å². The fourth-order valence-electron chi connectivity index (χ4n) is 2.00. The average molecular weight is 173 g/mol. The average Bonchev–Trinajstić information content (AvgIpc) is 2.46. The Kier molecular flexibility index (Phi) is 4.59. The molecule has 12 heavy (non-hydrogen) atoms. The van der Waals surface area contributed by atoms with Crippen LogP contribution in [0, 0.1) is 11.8 Å². The number of nitrogens with one attached hydrogen (secondary N) is 1. The molecule has 1 rings (SSSR count). The van der Waals surface area contributed by atoms with E-state index in [9.17, 15) is 4.39 Å². The molecular formula is C10H20FN. The van der Waals surface area contributed by atoms with E-state index in [1.807, 2.05) is 0 Å². The van der Waals surface area contributed by atoms with Crippen molar-refractivity contribution < 1.29 is 4.39 Å². The van der Waals surface area contributed by atoms with E-state index in [0.717, 1.165) is 24.9 Å². The van der Waals surface area contributed by atoms with Gasteiger partial charge in [0.1, 0.15) is 0 Å². The molecular weight excluding hydrogens is 153 g/mol. The second kappa shape index (κ2) is 5.52. The number of hydrogen-bond donors (Lipinski definition) is 1. The minimum absolute atomic E-state index is 0.187. The monoisotopic (exact) mass is 173 g/mol. The predicted octanol–water partition coefficient (Wildman–Crippen LogP) is 2.37. The zero-order valence-electron chi connectivity index (χ0n) is 7.98. The van der Waals surface area contributed by atoms with Crippen LogP contribution in [0.2, 0.25) is 0 Å². The molecule has 72 valence electrons. The second-order valence-electron chi connectivity index (χ2n) is 3.91. The number of alkyl halides is 1. The van der Waals surface area contributed by atoms with Gasteiger partial charge in [-0.2, -0.15) is 0 Å². The molecule has 0 bridgehead atoms. The van der Waals surface area contributed by atoms with Crippen LogP contribution in [0.3, 0.4) is 0 Å². The Labute approximate surface area is 74.7 Å². The number of halogens is 1. The smallest absolute Gasteiger partial charge is 0.0906 e. The van der Waals surface area contributed by atoms with E-state index in [1.165, 1.54) is 19.3 Å². The molecule has 0 amide bonds. The maximum atomic E-state index is 11.7. The Balaban J connectivity index is 1.98. The number of hydrogen-bond acceptors (Lipinski definition) is 1. The highest BCUT2D eigenvalue weighted by Gasteiger charge is 2.22. The summed E-state index contributed by atoms with van der Waals surface area (Å²) in [4.78, 5) is 0. The standard InChI is InChI=1S/C10H20FN/c1-9-4-2-5-10(9)8-12-7-3-6-11/h9-10,12H,2-8H2,1H3. The van der Waals surface area contributed by atoms with Crippen LogP contribution in [0.5, 0.6) is 0 Å². The lowest BCUT2D eigenvalue weighted by Crippen LogP contribution is -2.25. The first-order valence-electron chi connectivity index (χ1n) is 5.11. The number of rotatable bonds is 5. The third-order valence-corrected chi connectivity index (χ3v) is 2.93. The van der Waals surface area contributed by atoms with Crippen LogP contribution in [0.4, 0.5) is 4.39 Å². The van der Waals surface area contributed by atoms with Crippen molar-refractivity contribution in [3.63, 3.8) is 0 Å². The largest absolute Gasteiger partial charge is 0.316 e. The molecule has 1 N–H and O–H groups in total. The SMILES string of the molecule is CC1CCCC1CNCCCF. The minimum Gasteiger partial charge on any atom is -0.316 e. The van der Waals surface area contributed by atoms with Crippen LogP contribution in [0.1, 0.15) is 32.6 Å². The zero-order chi connectivity index (χ0) is 8.81. The summed E-state index contributed by atoms with van der Waals surface area (Å²) in [5.74, 6) is 1.73. The van der Waals surface area contributed by atoms with Crippen LogP contribution in [0.25, 0.3) is 0 Å². The Hall–Kier alpha value is -0.110. The summed E-state index contributed by atoms with van der Waals surface area (Å²) in [7, 11) is 0. The van der Waals surface area contributed by atoms with Gasteiger partial charge in [-0.15, -0.1) is 0 Å². The van der Waals surface area contributed by atoms with Crippen molar-refractivity contribution in [2.24, 2.45) is 11.8 Å². The second-order valence-corrected chi connectivity index (χ2v) is 3.91. The van der Waals surface area contributed by atoms with Crippen LogP contribution < -0.4 is 5.32 Å². The van der Waals surface area contributed by atoms with Crippen LogP contribution in [0.15, 0.2) is 0 Å². The Morgan fingerprint density at radius 2 is 2.25 bits per heavy atom. The molecule has 2 unspecified atom stereocenters. The van der Waals surface area contributed by atoms with Gasteiger partial charge in [-0.3, -0.25) is 4.39 Å². The van der Waals surface area contributed by atoms with E-state index in [-0.39, 0.29) is 6.67 Å². The van der Waals surface area contributed by atoms with E-state index in [2.05, 4.69) is 12.2 Å². The van der Waals surface area contributed by atoms with Crippen LogP contribution >= 0.6 is 0 Å². The first-order valence-corrected chi connectivity index (χ1v) is 5.11. The molecule has 0 heterocycles. The highest BCUT2D eigenvalue weighted by atomic mass is 19.1. The summed E-state index contributed by atoms with van der Waals surface area (Å²) in [6.07, 6.45) is 4.80. The molecule has 0 radical (unpaired) electrons. The molecule has 2 heteroatoms. The van der Waals surface area contributed by atoms with Gasteiger partial charge in [-0.25, -0.2) is 0 Å². The molecule has 1 fully saturated rings. The first kappa shape index (κ1) is 9.97. The fraction of sp³-hybridized carbons (Fsp3) is 1.00. The van der Waals surface area contributed by atoms with Crippen molar-refractivity contribution >= 4 is 0 Å². The molecule has 2 atom stereocenters. The van der Waals surface area contributed by atoms with Crippen LogP contribution in [-0.2, 0) is 0 Å². The highest BCUT2D eigenvalue weighted by molar-refractivity contribution is 4.75. The highest BCUT2D eigenvalue weighted by Crippen LogP contribution is 2.30. The topological polar surface area (TPSA) is 12.0 Å². The van der Waals surface area contributed by atoms with Crippen molar-refractivity contribution in [2.75, 3.05) is 19.8 Å². The van der Waals surface area contributed by atoms with Gasteiger partial charge in [-0.1, -0.05) is 19.8 Å². The first-order chi connectivity index (χ1) is 5.84. The summed E-state index contributed by atoms with van der Waals surface area (Å²) in [6, 6.07) is 0.